The minimum absolute atomic E-state index is 0.176. The van der Waals surface area contributed by atoms with Crippen LogP contribution in [0.3, 0.4) is 0 Å². The molecule has 1 aliphatic rings. The van der Waals surface area contributed by atoms with Crippen molar-refractivity contribution in [2.24, 2.45) is 0 Å². The van der Waals surface area contributed by atoms with Crippen molar-refractivity contribution < 1.29 is 4.74 Å². The summed E-state index contributed by atoms with van der Waals surface area (Å²) in [4.78, 5) is 0. The Morgan fingerprint density at radius 3 is 2.36 bits per heavy atom. The summed E-state index contributed by atoms with van der Waals surface area (Å²) in [5.74, 6) is 0. The van der Waals surface area contributed by atoms with Crippen molar-refractivity contribution in [3.8, 4) is 0 Å². The molecule has 1 fully saturated rings. The van der Waals surface area contributed by atoms with Crippen LogP contribution < -0.4 is 0 Å². The van der Waals surface area contributed by atoms with Crippen LogP contribution in [0.25, 0.3) is 0 Å². The normalized spacial score (nSPS) is 26.4. The molecule has 0 N–H and O–H groups in total. The Kier molecular flexibility index (Phi) is 2.38. The minimum Gasteiger partial charge on any atom is -0.367 e. The fraction of sp³-hybridized carbons (Fsp3) is 0.800. The van der Waals surface area contributed by atoms with Crippen LogP contribution in [0.1, 0.15) is 40.5 Å². The van der Waals surface area contributed by atoms with Gasteiger partial charge in [-0.2, -0.15) is 0 Å². The molecule has 0 spiro atoms. The second-order valence-corrected chi connectivity index (χ2v) is 4.07. The second-order valence-electron chi connectivity index (χ2n) is 4.07. The van der Waals surface area contributed by atoms with Gasteiger partial charge in [-0.25, -0.2) is 0 Å². The van der Waals surface area contributed by atoms with Crippen molar-refractivity contribution in [2.75, 3.05) is 0 Å². The fourth-order valence-electron chi connectivity index (χ4n) is 1.26. The standard InChI is InChI=1S/C10H18O/c1-8(2)6-5-7-9-10(3,4)11-9/h6,9H,5,7H2,1-4H3. The lowest BCUT2D eigenvalue weighted by Crippen LogP contribution is -2.01. The van der Waals surface area contributed by atoms with Crippen molar-refractivity contribution >= 4 is 0 Å². The number of hydrogen-bond acceptors (Lipinski definition) is 1. The van der Waals surface area contributed by atoms with Gasteiger partial charge in [-0.05, 0) is 40.5 Å². The first-order chi connectivity index (χ1) is 5.02. The van der Waals surface area contributed by atoms with Gasteiger partial charge in [0.1, 0.15) is 0 Å². The highest BCUT2D eigenvalue weighted by Crippen LogP contribution is 2.38. The van der Waals surface area contributed by atoms with Crippen LogP contribution in [0.5, 0.6) is 0 Å². The zero-order chi connectivity index (χ0) is 8.48. The van der Waals surface area contributed by atoms with Gasteiger partial charge in [0, 0.05) is 0 Å². The van der Waals surface area contributed by atoms with Gasteiger partial charge in [0.05, 0.1) is 11.7 Å². The summed E-state index contributed by atoms with van der Waals surface area (Å²) in [6, 6.07) is 0. The number of epoxide rings is 1. The number of allylic oxidation sites excluding steroid dienone is 2. The maximum atomic E-state index is 5.46. The Labute approximate surface area is 69.4 Å². The molecule has 0 aliphatic carbocycles. The van der Waals surface area contributed by atoms with E-state index >= 15 is 0 Å². The average Bonchev–Trinajstić information content (AvgIpc) is 2.39. The lowest BCUT2D eigenvalue weighted by Gasteiger charge is -1.94. The lowest BCUT2D eigenvalue weighted by molar-refractivity contribution is 0.320. The van der Waals surface area contributed by atoms with E-state index in [1.165, 1.54) is 12.0 Å². The van der Waals surface area contributed by atoms with Crippen molar-refractivity contribution in [1.82, 2.24) is 0 Å². The quantitative estimate of drug-likeness (QED) is 0.450. The van der Waals surface area contributed by atoms with Crippen molar-refractivity contribution in [3.63, 3.8) is 0 Å². The van der Waals surface area contributed by atoms with E-state index in [-0.39, 0.29) is 5.60 Å². The maximum Gasteiger partial charge on any atom is 0.0892 e. The van der Waals surface area contributed by atoms with E-state index in [1.807, 2.05) is 0 Å². The number of ether oxygens (including phenoxy) is 1. The molecular weight excluding hydrogens is 136 g/mol. The summed E-state index contributed by atoms with van der Waals surface area (Å²) in [7, 11) is 0. The number of rotatable bonds is 3. The molecule has 0 bridgehead atoms. The van der Waals surface area contributed by atoms with Gasteiger partial charge in [0.15, 0.2) is 0 Å². The highest BCUT2D eigenvalue weighted by atomic mass is 16.6. The Morgan fingerprint density at radius 2 is 2.00 bits per heavy atom. The van der Waals surface area contributed by atoms with E-state index in [4.69, 9.17) is 4.74 Å². The topological polar surface area (TPSA) is 12.5 Å². The van der Waals surface area contributed by atoms with Gasteiger partial charge in [-0.15, -0.1) is 0 Å². The third kappa shape index (κ3) is 2.66. The van der Waals surface area contributed by atoms with Crippen LogP contribution in [0, 0.1) is 0 Å². The molecule has 0 radical (unpaired) electrons. The Bertz CT molecular complexity index is 164. The molecule has 0 aromatic carbocycles. The van der Waals surface area contributed by atoms with E-state index < -0.39 is 0 Å². The third-order valence-electron chi connectivity index (χ3n) is 2.15. The monoisotopic (exact) mass is 154 g/mol. The predicted octanol–water partition coefficient (Wildman–Crippen LogP) is 2.91. The zero-order valence-corrected chi connectivity index (χ0v) is 7.98. The molecule has 1 saturated heterocycles. The molecule has 1 unspecified atom stereocenters. The lowest BCUT2D eigenvalue weighted by atomic mass is 10.1. The van der Waals surface area contributed by atoms with Gasteiger partial charge in [-0.1, -0.05) is 11.6 Å². The SMILES string of the molecule is CC(C)=CCCC1OC1(C)C. The second kappa shape index (κ2) is 2.98. The first-order valence-corrected chi connectivity index (χ1v) is 4.33. The molecule has 1 heterocycles. The molecule has 0 amide bonds. The zero-order valence-electron chi connectivity index (χ0n) is 7.98. The highest BCUT2D eigenvalue weighted by molar-refractivity contribution is 4.98. The summed E-state index contributed by atoms with van der Waals surface area (Å²) in [6.07, 6.45) is 5.13. The fourth-order valence-corrected chi connectivity index (χ4v) is 1.26. The van der Waals surface area contributed by atoms with Crippen molar-refractivity contribution in [2.45, 2.75) is 52.2 Å². The predicted molar refractivity (Wildman–Crippen MR) is 47.6 cm³/mol. The average molecular weight is 154 g/mol. The van der Waals surface area contributed by atoms with Gasteiger partial charge < -0.3 is 4.74 Å². The smallest absolute Gasteiger partial charge is 0.0892 e. The van der Waals surface area contributed by atoms with Crippen molar-refractivity contribution in [1.29, 1.82) is 0 Å². The molecule has 1 rings (SSSR count). The van der Waals surface area contributed by atoms with Crippen LogP contribution in [-0.2, 0) is 4.74 Å². The van der Waals surface area contributed by atoms with E-state index in [9.17, 15) is 0 Å². The van der Waals surface area contributed by atoms with Crippen LogP contribution >= 0.6 is 0 Å². The van der Waals surface area contributed by atoms with Gasteiger partial charge in [0.2, 0.25) is 0 Å². The van der Waals surface area contributed by atoms with E-state index in [0.717, 1.165) is 6.42 Å². The van der Waals surface area contributed by atoms with Gasteiger partial charge >= 0.3 is 0 Å². The molecule has 1 nitrogen and oxygen atoms in total. The molecule has 64 valence electrons. The van der Waals surface area contributed by atoms with Gasteiger partial charge in [0.25, 0.3) is 0 Å². The van der Waals surface area contributed by atoms with Crippen LogP contribution in [-0.4, -0.2) is 11.7 Å². The van der Waals surface area contributed by atoms with Crippen LogP contribution in [0.15, 0.2) is 11.6 Å². The Hall–Kier alpha value is -0.300. The Balaban J connectivity index is 2.12. The molecule has 0 aromatic heterocycles. The van der Waals surface area contributed by atoms with Crippen molar-refractivity contribution in [3.05, 3.63) is 11.6 Å². The third-order valence-corrected chi connectivity index (χ3v) is 2.15. The molecule has 11 heavy (non-hydrogen) atoms. The molecule has 1 aliphatic heterocycles. The Morgan fingerprint density at radius 1 is 1.45 bits per heavy atom. The maximum absolute atomic E-state index is 5.46. The van der Waals surface area contributed by atoms with Crippen LogP contribution in [0.2, 0.25) is 0 Å². The summed E-state index contributed by atoms with van der Waals surface area (Å²) in [6.45, 7) is 8.58. The highest BCUT2D eigenvalue weighted by Gasteiger charge is 2.46. The molecular formula is C10H18O. The van der Waals surface area contributed by atoms with Crippen LogP contribution in [0.4, 0.5) is 0 Å². The largest absolute Gasteiger partial charge is 0.367 e. The molecule has 1 atom stereocenters. The summed E-state index contributed by atoms with van der Waals surface area (Å²) in [5.41, 5.74) is 1.58. The van der Waals surface area contributed by atoms with E-state index in [2.05, 4.69) is 33.8 Å². The van der Waals surface area contributed by atoms with E-state index in [0.29, 0.717) is 6.10 Å². The molecule has 0 aromatic rings. The first-order valence-electron chi connectivity index (χ1n) is 4.33. The summed E-state index contributed by atoms with van der Waals surface area (Å²) < 4.78 is 5.46. The van der Waals surface area contributed by atoms with E-state index in [1.54, 1.807) is 0 Å². The number of hydrogen-bond donors (Lipinski definition) is 0. The van der Waals surface area contributed by atoms with Gasteiger partial charge in [-0.3, -0.25) is 0 Å². The minimum atomic E-state index is 0.176. The molecule has 0 saturated carbocycles. The summed E-state index contributed by atoms with van der Waals surface area (Å²) in [5, 5.41) is 0. The summed E-state index contributed by atoms with van der Waals surface area (Å²) >= 11 is 0. The molecule has 1 heteroatoms. The first kappa shape index (κ1) is 8.79.